The predicted molar refractivity (Wildman–Crippen MR) is 69.0 cm³/mol. The second-order valence-corrected chi connectivity index (χ2v) is 5.93. The average Bonchev–Trinajstić information content (AvgIpc) is 2.29. The smallest absolute Gasteiger partial charge is 0.207 e. The van der Waals surface area contributed by atoms with E-state index in [4.69, 9.17) is 6.42 Å². The van der Waals surface area contributed by atoms with Gasteiger partial charge in [0, 0.05) is 0 Å². The Labute approximate surface area is 103 Å². The average molecular weight is 251 g/mol. The molecule has 0 amide bonds. The van der Waals surface area contributed by atoms with Gasteiger partial charge in [0.25, 0.3) is 0 Å². The van der Waals surface area contributed by atoms with E-state index in [1.165, 1.54) is 0 Å². The molecule has 0 aliphatic carbocycles. The highest BCUT2D eigenvalue weighted by atomic mass is 32.2. The first-order valence-corrected chi connectivity index (χ1v) is 6.90. The Morgan fingerprint density at radius 1 is 1.35 bits per heavy atom. The lowest BCUT2D eigenvalue weighted by Crippen LogP contribution is -2.44. The molecule has 1 atom stereocenters. The molecule has 0 heterocycles. The molecule has 0 saturated carbocycles. The summed E-state index contributed by atoms with van der Waals surface area (Å²) in [6, 6.07) is 6.66. The Balaban J connectivity index is 3.06. The van der Waals surface area contributed by atoms with Gasteiger partial charge in [-0.2, -0.15) is 4.72 Å². The summed E-state index contributed by atoms with van der Waals surface area (Å²) in [5.41, 5.74) is 0.170. The molecule has 1 aromatic carbocycles. The van der Waals surface area contributed by atoms with Crippen LogP contribution in [0.3, 0.4) is 0 Å². The first kappa shape index (κ1) is 13.8. The minimum absolute atomic E-state index is 0.234. The third kappa shape index (κ3) is 3.32. The molecule has 1 aromatic rings. The lowest BCUT2D eigenvalue weighted by Gasteiger charge is -2.23. The second-order valence-electron chi connectivity index (χ2n) is 4.25. The van der Waals surface area contributed by atoms with Gasteiger partial charge in [0.05, 0.1) is 10.4 Å². The van der Waals surface area contributed by atoms with Crippen molar-refractivity contribution in [1.29, 1.82) is 0 Å². The van der Waals surface area contributed by atoms with Crippen LogP contribution in [0.1, 0.15) is 25.8 Å². The molecular weight excluding hydrogens is 234 g/mol. The SMILES string of the molecule is C#CC(C)(CC)NS(=O)(=O)c1ccc(C)cc1. The van der Waals surface area contributed by atoms with E-state index in [1.54, 1.807) is 31.2 Å². The summed E-state index contributed by atoms with van der Waals surface area (Å²) >= 11 is 0. The van der Waals surface area contributed by atoms with Crippen LogP contribution in [0.4, 0.5) is 0 Å². The molecule has 1 N–H and O–H groups in total. The first-order valence-electron chi connectivity index (χ1n) is 5.41. The molecule has 0 aliphatic heterocycles. The highest BCUT2D eigenvalue weighted by Crippen LogP contribution is 2.15. The Bertz CT molecular complexity index is 526. The van der Waals surface area contributed by atoms with Gasteiger partial charge in [-0.25, -0.2) is 8.42 Å². The van der Waals surface area contributed by atoms with Gasteiger partial charge in [-0.05, 0) is 32.4 Å². The second kappa shape index (κ2) is 4.91. The maximum absolute atomic E-state index is 12.1. The van der Waals surface area contributed by atoms with Gasteiger partial charge in [0.15, 0.2) is 0 Å². The van der Waals surface area contributed by atoms with E-state index < -0.39 is 15.6 Å². The molecule has 0 fully saturated rings. The van der Waals surface area contributed by atoms with Crippen LogP contribution in [-0.4, -0.2) is 14.0 Å². The van der Waals surface area contributed by atoms with E-state index in [0.717, 1.165) is 5.56 Å². The third-order valence-corrected chi connectivity index (χ3v) is 4.33. The van der Waals surface area contributed by atoms with Crippen LogP contribution in [0.5, 0.6) is 0 Å². The molecule has 1 unspecified atom stereocenters. The van der Waals surface area contributed by atoms with Crippen LogP contribution in [0, 0.1) is 19.3 Å². The molecule has 0 spiro atoms. The number of nitrogens with one attached hydrogen (secondary N) is 1. The molecule has 0 saturated heterocycles. The zero-order chi connectivity index (χ0) is 13.1. The number of hydrogen-bond donors (Lipinski definition) is 1. The Morgan fingerprint density at radius 3 is 2.29 bits per heavy atom. The van der Waals surface area contributed by atoms with Crippen molar-refractivity contribution in [1.82, 2.24) is 4.72 Å². The predicted octanol–water partition coefficient (Wildman–Crippen LogP) is 2.08. The van der Waals surface area contributed by atoms with E-state index in [0.29, 0.717) is 6.42 Å². The molecule has 17 heavy (non-hydrogen) atoms. The molecular formula is C13H17NO2S. The van der Waals surface area contributed by atoms with Crippen LogP contribution < -0.4 is 4.72 Å². The minimum atomic E-state index is -3.55. The topological polar surface area (TPSA) is 46.2 Å². The fourth-order valence-corrected chi connectivity index (χ4v) is 2.69. The maximum atomic E-state index is 12.1. The Kier molecular flexibility index (Phi) is 3.97. The molecule has 0 bridgehead atoms. The van der Waals surface area contributed by atoms with Gasteiger partial charge in [-0.15, -0.1) is 6.42 Å². The van der Waals surface area contributed by atoms with Gasteiger partial charge in [0.2, 0.25) is 10.0 Å². The lowest BCUT2D eigenvalue weighted by atomic mass is 10.0. The monoisotopic (exact) mass is 251 g/mol. The van der Waals surface area contributed by atoms with E-state index in [9.17, 15) is 8.42 Å². The minimum Gasteiger partial charge on any atom is -0.207 e. The Morgan fingerprint density at radius 2 is 1.88 bits per heavy atom. The van der Waals surface area contributed by atoms with Crippen LogP contribution in [-0.2, 0) is 10.0 Å². The third-order valence-electron chi connectivity index (χ3n) is 2.72. The van der Waals surface area contributed by atoms with Gasteiger partial charge in [0.1, 0.15) is 0 Å². The number of hydrogen-bond acceptors (Lipinski definition) is 2. The largest absolute Gasteiger partial charge is 0.241 e. The molecule has 0 aromatic heterocycles. The highest BCUT2D eigenvalue weighted by Gasteiger charge is 2.26. The standard InChI is InChI=1S/C13H17NO2S/c1-5-13(4,6-2)14-17(15,16)12-9-7-11(3)8-10-12/h1,7-10,14H,6H2,2-4H3. The van der Waals surface area contributed by atoms with E-state index in [2.05, 4.69) is 10.6 Å². The van der Waals surface area contributed by atoms with Crippen molar-refractivity contribution in [2.75, 3.05) is 0 Å². The summed E-state index contributed by atoms with van der Waals surface area (Å²) in [6.07, 6.45) is 5.89. The fourth-order valence-electron chi connectivity index (χ4n) is 1.28. The molecule has 0 radical (unpaired) electrons. The number of terminal acetylenes is 1. The molecule has 1 rings (SSSR count). The first-order chi connectivity index (χ1) is 7.83. The van der Waals surface area contributed by atoms with Gasteiger partial charge in [-0.3, -0.25) is 0 Å². The molecule has 4 heteroatoms. The highest BCUT2D eigenvalue weighted by molar-refractivity contribution is 7.89. The maximum Gasteiger partial charge on any atom is 0.241 e. The Hall–Kier alpha value is -1.31. The van der Waals surface area contributed by atoms with E-state index in [-0.39, 0.29) is 4.90 Å². The van der Waals surface area contributed by atoms with Gasteiger partial charge in [-0.1, -0.05) is 30.5 Å². The zero-order valence-electron chi connectivity index (χ0n) is 10.3. The molecule has 0 aliphatic rings. The summed E-state index contributed by atoms with van der Waals surface area (Å²) in [5, 5.41) is 0. The van der Waals surface area contributed by atoms with Crippen molar-refractivity contribution in [2.24, 2.45) is 0 Å². The van der Waals surface area contributed by atoms with Crippen molar-refractivity contribution in [3.05, 3.63) is 29.8 Å². The van der Waals surface area contributed by atoms with Crippen molar-refractivity contribution in [3.8, 4) is 12.3 Å². The van der Waals surface area contributed by atoms with Crippen LogP contribution in [0.2, 0.25) is 0 Å². The molecule has 92 valence electrons. The van der Waals surface area contributed by atoms with Crippen molar-refractivity contribution >= 4 is 10.0 Å². The van der Waals surface area contributed by atoms with E-state index >= 15 is 0 Å². The number of aryl methyl sites for hydroxylation is 1. The summed E-state index contributed by atoms with van der Waals surface area (Å²) in [4.78, 5) is 0.234. The van der Waals surface area contributed by atoms with Gasteiger partial charge >= 0.3 is 0 Å². The quantitative estimate of drug-likeness (QED) is 0.833. The number of sulfonamides is 1. The van der Waals surface area contributed by atoms with Crippen LogP contribution in [0.25, 0.3) is 0 Å². The zero-order valence-corrected chi connectivity index (χ0v) is 11.1. The van der Waals surface area contributed by atoms with Gasteiger partial charge < -0.3 is 0 Å². The van der Waals surface area contributed by atoms with Crippen LogP contribution >= 0.6 is 0 Å². The summed E-state index contributed by atoms with van der Waals surface area (Å²) in [7, 11) is -3.55. The van der Waals surface area contributed by atoms with Crippen molar-refractivity contribution in [2.45, 2.75) is 37.6 Å². The lowest BCUT2D eigenvalue weighted by molar-refractivity contribution is 0.500. The summed E-state index contributed by atoms with van der Waals surface area (Å²) in [5.74, 6) is 2.48. The number of rotatable bonds is 4. The fraction of sp³-hybridized carbons (Fsp3) is 0.385. The van der Waals surface area contributed by atoms with E-state index in [1.807, 2.05) is 13.8 Å². The summed E-state index contributed by atoms with van der Waals surface area (Å²) < 4.78 is 26.7. The van der Waals surface area contributed by atoms with Crippen molar-refractivity contribution in [3.63, 3.8) is 0 Å². The summed E-state index contributed by atoms with van der Waals surface area (Å²) in [6.45, 7) is 5.44. The normalized spacial score (nSPS) is 14.9. The number of benzene rings is 1. The van der Waals surface area contributed by atoms with Crippen LogP contribution in [0.15, 0.2) is 29.2 Å². The van der Waals surface area contributed by atoms with Crippen molar-refractivity contribution < 1.29 is 8.42 Å². The molecule has 3 nitrogen and oxygen atoms in total.